The average Bonchev–Trinajstić information content (AvgIpc) is 2.89. The summed E-state index contributed by atoms with van der Waals surface area (Å²) in [7, 11) is 0. The zero-order chi connectivity index (χ0) is 26.5. The Labute approximate surface area is 215 Å². The summed E-state index contributed by atoms with van der Waals surface area (Å²) < 4.78 is 79.9. The second-order valence-corrected chi connectivity index (χ2v) is 9.58. The fraction of sp³-hybridized carbons (Fsp3) is 0.355. The summed E-state index contributed by atoms with van der Waals surface area (Å²) in [5.74, 6) is -5.23. The van der Waals surface area contributed by atoms with Gasteiger partial charge in [-0.3, -0.25) is 0 Å². The van der Waals surface area contributed by atoms with E-state index in [0.717, 1.165) is 6.42 Å². The van der Waals surface area contributed by atoms with E-state index in [2.05, 4.69) is 0 Å². The highest BCUT2D eigenvalue weighted by atomic mass is 19.2. The molecule has 0 saturated carbocycles. The van der Waals surface area contributed by atoms with Crippen LogP contribution < -0.4 is 0 Å². The van der Waals surface area contributed by atoms with E-state index >= 15 is 13.2 Å². The van der Waals surface area contributed by atoms with Crippen LogP contribution in [0.5, 0.6) is 0 Å². The fourth-order valence-corrected chi connectivity index (χ4v) is 4.96. The quantitative estimate of drug-likeness (QED) is 0.216. The van der Waals surface area contributed by atoms with Gasteiger partial charge in [-0.15, -0.1) is 0 Å². The highest BCUT2D eigenvalue weighted by molar-refractivity contribution is 5.66. The van der Waals surface area contributed by atoms with E-state index in [1.54, 1.807) is 12.1 Å². The third-order valence-corrected chi connectivity index (χ3v) is 7.04. The molecule has 0 radical (unpaired) electrons. The standard InChI is InChI=1S/C31H31F5O/c1-3-5-20-9-7-19(17-27(20)32)8-10-21-12-14-25(30(35)28(21)33)26-16-15-24(29(34)31(26)36)22-11-13-23(6-4-2)37-18-22/h4,6-7,9,12,14-17,22-23H,3,5,8,10-11,13,18H2,1-2H3/b6-4+. The lowest BCUT2D eigenvalue weighted by molar-refractivity contribution is 0.0317. The number of rotatable bonds is 8. The fourth-order valence-electron chi connectivity index (χ4n) is 4.96. The van der Waals surface area contributed by atoms with Gasteiger partial charge in [-0.1, -0.05) is 61.9 Å². The van der Waals surface area contributed by atoms with E-state index in [1.165, 1.54) is 30.3 Å². The minimum atomic E-state index is -1.23. The second kappa shape index (κ2) is 12.0. The van der Waals surface area contributed by atoms with Gasteiger partial charge in [-0.05, 0) is 67.3 Å². The summed E-state index contributed by atoms with van der Waals surface area (Å²) in [6, 6.07) is 10.3. The third kappa shape index (κ3) is 5.96. The number of aryl methyl sites for hydroxylation is 3. The van der Waals surface area contributed by atoms with Gasteiger partial charge in [-0.25, -0.2) is 22.0 Å². The summed E-state index contributed by atoms with van der Waals surface area (Å²) in [6.07, 6.45) is 7.02. The molecule has 0 bridgehead atoms. The molecule has 37 heavy (non-hydrogen) atoms. The molecule has 0 spiro atoms. The molecule has 0 amide bonds. The molecule has 0 aliphatic carbocycles. The molecule has 0 N–H and O–H groups in total. The van der Waals surface area contributed by atoms with E-state index in [-0.39, 0.29) is 53.1 Å². The maximum Gasteiger partial charge on any atom is 0.167 e. The van der Waals surface area contributed by atoms with Crippen molar-refractivity contribution in [2.24, 2.45) is 0 Å². The summed E-state index contributed by atoms with van der Waals surface area (Å²) in [5, 5.41) is 0. The van der Waals surface area contributed by atoms with E-state index in [1.807, 2.05) is 26.0 Å². The Hall–Kier alpha value is -2.99. The number of benzene rings is 3. The van der Waals surface area contributed by atoms with Gasteiger partial charge in [0.25, 0.3) is 0 Å². The maximum atomic E-state index is 15.1. The van der Waals surface area contributed by atoms with Gasteiger partial charge in [0.15, 0.2) is 23.3 Å². The molecule has 3 aromatic carbocycles. The smallest absolute Gasteiger partial charge is 0.167 e. The largest absolute Gasteiger partial charge is 0.374 e. The molecular formula is C31H31F5O. The summed E-state index contributed by atoms with van der Waals surface area (Å²) >= 11 is 0. The van der Waals surface area contributed by atoms with Crippen molar-refractivity contribution >= 4 is 0 Å². The molecule has 4 rings (SSSR count). The Balaban J connectivity index is 1.51. The van der Waals surface area contributed by atoms with Gasteiger partial charge >= 0.3 is 0 Å². The lowest BCUT2D eigenvalue weighted by Gasteiger charge is -2.28. The summed E-state index contributed by atoms with van der Waals surface area (Å²) in [5.41, 5.74) is 0.894. The predicted octanol–water partition coefficient (Wildman–Crippen LogP) is 8.63. The highest BCUT2D eigenvalue weighted by Crippen LogP contribution is 2.36. The second-order valence-electron chi connectivity index (χ2n) is 9.58. The van der Waals surface area contributed by atoms with Crippen LogP contribution in [0.1, 0.15) is 61.3 Å². The summed E-state index contributed by atoms with van der Waals surface area (Å²) in [4.78, 5) is 0. The molecule has 2 unspecified atom stereocenters. The van der Waals surface area contributed by atoms with Crippen LogP contribution in [-0.2, 0) is 24.0 Å². The number of allylic oxidation sites excluding steroid dienone is 1. The van der Waals surface area contributed by atoms with Crippen molar-refractivity contribution < 1.29 is 26.7 Å². The van der Waals surface area contributed by atoms with Gasteiger partial charge in [0.1, 0.15) is 5.82 Å². The predicted molar refractivity (Wildman–Crippen MR) is 136 cm³/mol. The first kappa shape index (κ1) is 27.1. The van der Waals surface area contributed by atoms with Crippen LogP contribution >= 0.6 is 0 Å². The molecule has 2 atom stereocenters. The van der Waals surface area contributed by atoms with E-state index in [0.29, 0.717) is 36.8 Å². The van der Waals surface area contributed by atoms with Crippen LogP contribution in [0.15, 0.2) is 54.6 Å². The number of ether oxygens (including phenoxy) is 1. The van der Waals surface area contributed by atoms with Crippen molar-refractivity contribution in [1.82, 2.24) is 0 Å². The number of hydrogen-bond donors (Lipinski definition) is 0. The molecule has 1 nitrogen and oxygen atoms in total. The van der Waals surface area contributed by atoms with Crippen LogP contribution in [0.2, 0.25) is 0 Å². The molecule has 1 fully saturated rings. The van der Waals surface area contributed by atoms with E-state index in [4.69, 9.17) is 4.74 Å². The Morgan fingerprint density at radius 1 is 0.784 bits per heavy atom. The minimum absolute atomic E-state index is 0.0385. The van der Waals surface area contributed by atoms with Crippen LogP contribution in [0, 0.1) is 29.1 Å². The molecule has 1 aliphatic heterocycles. The normalized spacial score (nSPS) is 18.0. The van der Waals surface area contributed by atoms with Crippen LogP contribution in [0.25, 0.3) is 11.1 Å². The first-order valence-electron chi connectivity index (χ1n) is 12.8. The molecule has 3 aromatic rings. The molecule has 1 heterocycles. The SMILES string of the molecule is C/C=C/C1CCC(c2ccc(-c3ccc(CCc4ccc(CCC)c(F)c4)c(F)c3F)c(F)c2F)CO1. The van der Waals surface area contributed by atoms with Crippen molar-refractivity contribution in [3.63, 3.8) is 0 Å². The van der Waals surface area contributed by atoms with Crippen molar-refractivity contribution in [1.29, 1.82) is 0 Å². The number of hydrogen-bond acceptors (Lipinski definition) is 1. The van der Waals surface area contributed by atoms with E-state index in [9.17, 15) is 8.78 Å². The minimum Gasteiger partial charge on any atom is -0.374 e. The molecule has 0 aromatic heterocycles. The van der Waals surface area contributed by atoms with Crippen LogP contribution in [0.3, 0.4) is 0 Å². The van der Waals surface area contributed by atoms with Crippen molar-refractivity contribution in [2.45, 2.75) is 64.4 Å². The van der Waals surface area contributed by atoms with Gasteiger partial charge in [0.2, 0.25) is 0 Å². The number of halogens is 5. The average molecular weight is 515 g/mol. The third-order valence-electron chi connectivity index (χ3n) is 7.04. The Morgan fingerprint density at radius 3 is 2.14 bits per heavy atom. The molecule has 196 valence electrons. The van der Waals surface area contributed by atoms with Crippen molar-refractivity contribution in [2.75, 3.05) is 6.61 Å². The Kier molecular flexibility index (Phi) is 8.80. The zero-order valence-electron chi connectivity index (χ0n) is 21.1. The van der Waals surface area contributed by atoms with Crippen molar-refractivity contribution in [3.05, 3.63) is 106 Å². The van der Waals surface area contributed by atoms with Crippen LogP contribution in [-0.4, -0.2) is 12.7 Å². The van der Waals surface area contributed by atoms with Crippen molar-refractivity contribution in [3.8, 4) is 11.1 Å². The Bertz CT molecular complexity index is 1280. The molecular weight excluding hydrogens is 483 g/mol. The maximum absolute atomic E-state index is 15.1. The first-order chi connectivity index (χ1) is 17.8. The lowest BCUT2D eigenvalue weighted by atomic mass is 9.89. The molecule has 6 heteroatoms. The molecule has 1 aliphatic rings. The van der Waals surface area contributed by atoms with Crippen LogP contribution in [0.4, 0.5) is 22.0 Å². The Morgan fingerprint density at radius 2 is 1.49 bits per heavy atom. The monoisotopic (exact) mass is 514 g/mol. The van der Waals surface area contributed by atoms with Gasteiger partial charge in [-0.2, -0.15) is 0 Å². The highest BCUT2D eigenvalue weighted by Gasteiger charge is 2.27. The van der Waals surface area contributed by atoms with Gasteiger partial charge in [0, 0.05) is 17.0 Å². The topological polar surface area (TPSA) is 9.23 Å². The van der Waals surface area contributed by atoms with Gasteiger partial charge in [0.05, 0.1) is 12.7 Å². The van der Waals surface area contributed by atoms with Gasteiger partial charge < -0.3 is 4.74 Å². The zero-order valence-corrected chi connectivity index (χ0v) is 21.1. The lowest BCUT2D eigenvalue weighted by Crippen LogP contribution is -2.24. The summed E-state index contributed by atoms with van der Waals surface area (Å²) in [6.45, 7) is 4.12. The van der Waals surface area contributed by atoms with E-state index < -0.39 is 23.3 Å². The first-order valence-corrected chi connectivity index (χ1v) is 12.8. The molecule has 1 saturated heterocycles.